The molecule has 1 N–H and O–H groups in total. The van der Waals surface area contributed by atoms with E-state index in [1.165, 1.54) is 12.0 Å². The fourth-order valence-corrected chi connectivity index (χ4v) is 2.32. The van der Waals surface area contributed by atoms with Crippen LogP contribution in [0.5, 0.6) is 0 Å². The van der Waals surface area contributed by atoms with E-state index >= 15 is 0 Å². The molecule has 1 aromatic rings. The van der Waals surface area contributed by atoms with Crippen LogP contribution in [0.15, 0.2) is 24.3 Å². The summed E-state index contributed by atoms with van der Waals surface area (Å²) in [5.74, 6) is 0.723. The van der Waals surface area contributed by atoms with E-state index in [0.29, 0.717) is 5.41 Å². The van der Waals surface area contributed by atoms with E-state index in [9.17, 15) is 0 Å². The first-order valence-electron chi connectivity index (χ1n) is 6.84. The van der Waals surface area contributed by atoms with Gasteiger partial charge < -0.3 is 5.32 Å². The summed E-state index contributed by atoms with van der Waals surface area (Å²) in [6, 6.07) is 8.20. The summed E-state index contributed by atoms with van der Waals surface area (Å²) in [4.78, 5) is 0. The van der Waals surface area contributed by atoms with Gasteiger partial charge in [-0.2, -0.15) is 0 Å². The predicted octanol–water partition coefficient (Wildman–Crippen LogP) is 4.54. The quantitative estimate of drug-likeness (QED) is 0.715. The highest BCUT2D eigenvalue weighted by atomic mass is 35.5. The van der Waals surface area contributed by atoms with Crippen molar-refractivity contribution >= 4 is 11.6 Å². The molecule has 0 aliphatic heterocycles. The molecule has 0 radical (unpaired) electrons. The van der Waals surface area contributed by atoms with Crippen LogP contribution in [0.2, 0.25) is 5.02 Å². The number of nitrogens with one attached hydrogen (secondary N) is 1. The highest BCUT2D eigenvalue weighted by Gasteiger charge is 2.18. The number of benzene rings is 1. The zero-order valence-electron chi connectivity index (χ0n) is 12.1. The minimum absolute atomic E-state index is 0.314. The normalized spacial score (nSPS) is 12.1. The van der Waals surface area contributed by atoms with Crippen LogP contribution in [0.4, 0.5) is 0 Å². The molecule has 2 heteroatoms. The lowest BCUT2D eigenvalue weighted by atomic mass is 9.82. The average Bonchev–Trinajstić information content (AvgIpc) is 2.23. The molecule has 0 saturated heterocycles. The SMILES string of the molecule is CC(C)CNCCC(C)(C)Cc1cccc(Cl)c1. The minimum atomic E-state index is 0.314. The van der Waals surface area contributed by atoms with E-state index in [1.807, 2.05) is 12.1 Å². The van der Waals surface area contributed by atoms with Crippen molar-refractivity contribution in [1.82, 2.24) is 5.32 Å². The van der Waals surface area contributed by atoms with Gasteiger partial charge in [-0.15, -0.1) is 0 Å². The molecular formula is C16H26ClN. The Morgan fingerprint density at radius 2 is 2.00 bits per heavy atom. The molecule has 0 amide bonds. The molecule has 1 rings (SSSR count). The molecule has 0 unspecified atom stereocenters. The molecule has 102 valence electrons. The van der Waals surface area contributed by atoms with Gasteiger partial charge in [0.2, 0.25) is 0 Å². The van der Waals surface area contributed by atoms with E-state index in [4.69, 9.17) is 11.6 Å². The first-order valence-corrected chi connectivity index (χ1v) is 7.22. The predicted molar refractivity (Wildman–Crippen MR) is 81.3 cm³/mol. The first kappa shape index (κ1) is 15.5. The topological polar surface area (TPSA) is 12.0 Å². The van der Waals surface area contributed by atoms with Crippen LogP contribution in [0, 0.1) is 11.3 Å². The van der Waals surface area contributed by atoms with Crippen molar-refractivity contribution in [2.24, 2.45) is 11.3 Å². The van der Waals surface area contributed by atoms with Crippen LogP contribution in [-0.4, -0.2) is 13.1 Å². The Morgan fingerprint density at radius 3 is 2.61 bits per heavy atom. The van der Waals surface area contributed by atoms with Crippen LogP contribution < -0.4 is 5.32 Å². The third kappa shape index (κ3) is 6.42. The summed E-state index contributed by atoms with van der Waals surface area (Å²) in [5.41, 5.74) is 1.64. The van der Waals surface area contributed by atoms with Gasteiger partial charge in [-0.1, -0.05) is 51.4 Å². The van der Waals surface area contributed by atoms with Crippen LogP contribution in [0.1, 0.15) is 39.7 Å². The fraction of sp³-hybridized carbons (Fsp3) is 0.625. The summed E-state index contributed by atoms with van der Waals surface area (Å²) < 4.78 is 0. The summed E-state index contributed by atoms with van der Waals surface area (Å²) in [7, 11) is 0. The molecular weight excluding hydrogens is 242 g/mol. The lowest BCUT2D eigenvalue weighted by molar-refractivity contribution is 0.322. The molecule has 0 spiro atoms. The summed E-state index contributed by atoms with van der Waals surface area (Å²) >= 11 is 6.02. The highest BCUT2D eigenvalue weighted by molar-refractivity contribution is 6.30. The van der Waals surface area contributed by atoms with E-state index in [-0.39, 0.29) is 0 Å². The standard InChI is InChI=1S/C16H26ClN/c1-13(2)12-18-9-8-16(3,4)11-14-6-5-7-15(17)10-14/h5-7,10,13,18H,8-9,11-12H2,1-4H3. The molecule has 1 aromatic carbocycles. The van der Waals surface area contributed by atoms with Gasteiger partial charge >= 0.3 is 0 Å². The monoisotopic (exact) mass is 267 g/mol. The first-order chi connectivity index (χ1) is 8.39. The minimum Gasteiger partial charge on any atom is -0.316 e. The zero-order chi connectivity index (χ0) is 13.6. The third-order valence-electron chi connectivity index (χ3n) is 3.10. The van der Waals surface area contributed by atoms with Crippen molar-refractivity contribution in [1.29, 1.82) is 0 Å². The molecule has 0 atom stereocenters. The van der Waals surface area contributed by atoms with E-state index < -0.39 is 0 Å². The smallest absolute Gasteiger partial charge is 0.0408 e. The molecule has 0 bridgehead atoms. The van der Waals surface area contributed by atoms with Gasteiger partial charge in [0.1, 0.15) is 0 Å². The molecule has 0 aromatic heterocycles. The van der Waals surface area contributed by atoms with Gasteiger partial charge in [-0.05, 0) is 55.0 Å². The maximum absolute atomic E-state index is 6.02. The lowest BCUT2D eigenvalue weighted by Crippen LogP contribution is -2.26. The van der Waals surface area contributed by atoms with Gasteiger partial charge in [0.25, 0.3) is 0 Å². The third-order valence-corrected chi connectivity index (χ3v) is 3.34. The van der Waals surface area contributed by atoms with Gasteiger partial charge in [0.15, 0.2) is 0 Å². The van der Waals surface area contributed by atoms with E-state index in [1.54, 1.807) is 0 Å². The van der Waals surface area contributed by atoms with Crippen molar-refractivity contribution in [2.45, 2.75) is 40.5 Å². The maximum atomic E-state index is 6.02. The van der Waals surface area contributed by atoms with Gasteiger partial charge in [-0.25, -0.2) is 0 Å². The van der Waals surface area contributed by atoms with Crippen molar-refractivity contribution in [3.63, 3.8) is 0 Å². The van der Waals surface area contributed by atoms with Crippen molar-refractivity contribution in [3.05, 3.63) is 34.9 Å². The van der Waals surface area contributed by atoms with Crippen molar-refractivity contribution in [3.8, 4) is 0 Å². The van der Waals surface area contributed by atoms with Gasteiger partial charge in [-0.3, -0.25) is 0 Å². The Labute approximate surface area is 117 Å². The molecule has 18 heavy (non-hydrogen) atoms. The average molecular weight is 268 g/mol. The lowest BCUT2D eigenvalue weighted by Gasteiger charge is -2.25. The number of rotatable bonds is 7. The number of halogens is 1. The van der Waals surface area contributed by atoms with Crippen LogP contribution >= 0.6 is 11.6 Å². The molecule has 0 saturated carbocycles. The molecule has 1 nitrogen and oxygen atoms in total. The second-order valence-electron chi connectivity index (χ2n) is 6.32. The number of hydrogen-bond acceptors (Lipinski definition) is 1. The molecule has 0 aliphatic carbocycles. The second kappa shape index (κ2) is 7.16. The van der Waals surface area contributed by atoms with Gasteiger partial charge in [0, 0.05) is 5.02 Å². The zero-order valence-corrected chi connectivity index (χ0v) is 12.8. The van der Waals surface area contributed by atoms with Crippen LogP contribution in [0.25, 0.3) is 0 Å². The maximum Gasteiger partial charge on any atom is 0.0408 e. The van der Waals surface area contributed by atoms with E-state index in [2.05, 4.69) is 45.1 Å². The summed E-state index contributed by atoms with van der Waals surface area (Å²) in [6.45, 7) is 11.3. The number of hydrogen-bond donors (Lipinski definition) is 1. The van der Waals surface area contributed by atoms with Crippen LogP contribution in [-0.2, 0) is 6.42 Å². The Balaban J connectivity index is 2.39. The molecule has 0 aliphatic rings. The Hall–Kier alpha value is -0.530. The second-order valence-corrected chi connectivity index (χ2v) is 6.76. The Kier molecular flexibility index (Phi) is 6.17. The summed E-state index contributed by atoms with van der Waals surface area (Å²) in [5, 5.41) is 4.35. The van der Waals surface area contributed by atoms with Gasteiger partial charge in [0.05, 0.1) is 0 Å². The Morgan fingerprint density at radius 1 is 1.28 bits per heavy atom. The fourth-order valence-electron chi connectivity index (χ4n) is 2.11. The Bertz CT molecular complexity index is 358. The van der Waals surface area contributed by atoms with Crippen molar-refractivity contribution in [2.75, 3.05) is 13.1 Å². The van der Waals surface area contributed by atoms with Crippen LogP contribution in [0.3, 0.4) is 0 Å². The molecule has 0 fully saturated rings. The molecule has 0 heterocycles. The highest BCUT2D eigenvalue weighted by Crippen LogP contribution is 2.26. The van der Waals surface area contributed by atoms with Crippen molar-refractivity contribution < 1.29 is 0 Å². The summed E-state index contributed by atoms with van der Waals surface area (Å²) in [6.07, 6.45) is 2.27. The van der Waals surface area contributed by atoms with E-state index in [0.717, 1.165) is 30.5 Å². The largest absolute Gasteiger partial charge is 0.316 e.